The minimum atomic E-state index is 0.432. The van der Waals surface area contributed by atoms with Gasteiger partial charge in [0.25, 0.3) is 0 Å². The molecule has 1 atom stereocenters. The lowest BCUT2D eigenvalue weighted by Gasteiger charge is -2.29. The van der Waals surface area contributed by atoms with Crippen molar-refractivity contribution in [1.29, 1.82) is 0 Å². The van der Waals surface area contributed by atoms with Gasteiger partial charge in [0.15, 0.2) is 5.96 Å². The van der Waals surface area contributed by atoms with E-state index in [0.717, 1.165) is 38.1 Å². The fourth-order valence-corrected chi connectivity index (χ4v) is 3.36. The molecule has 0 aliphatic carbocycles. The number of nitrogens with zero attached hydrogens (tertiary/aromatic N) is 3. The maximum Gasteiger partial charge on any atom is 0.193 e. The highest BCUT2D eigenvalue weighted by molar-refractivity contribution is 5.80. The Bertz CT molecular complexity index is 337. The zero-order valence-electron chi connectivity index (χ0n) is 13.8. The van der Waals surface area contributed by atoms with E-state index in [0.29, 0.717) is 5.41 Å². The summed E-state index contributed by atoms with van der Waals surface area (Å²) >= 11 is 0. The lowest BCUT2D eigenvalue weighted by Crippen LogP contribution is -2.41. The summed E-state index contributed by atoms with van der Waals surface area (Å²) in [7, 11) is 2.23. The molecular weight excluding hydrogens is 248 g/mol. The van der Waals surface area contributed by atoms with Crippen LogP contribution in [-0.2, 0) is 0 Å². The Morgan fingerprint density at radius 3 is 2.75 bits per heavy atom. The van der Waals surface area contributed by atoms with E-state index in [9.17, 15) is 0 Å². The van der Waals surface area contributed by atoms with E-state index in [2.05, 4.69) is 42.9 Å². The van der Waals surface area contributed by atoms with Gasteiger partial charge in [-0.3, -0.25) is 4.99 Å². The van der Waals surface area contributed by atoms with Crippen LogP contribution >= 0.6 is 0 Å². The normalized spacial score (nSPS) is 27.9. The van der Waals surface area contributed by atoms with Crippen molar-refractivity contribution in [3.05, 3.63) is 0 Å². The first-order valence-corrected chi connectivity index (χ1v) is 8.22. The summed E-state index contributed by atoms with van der Waals surface area (Å²) in [6.45, 7) is 13.5. The molecule has 0 spiro atoms. The van der Waals surface area contributed by atoms with Crippen molar-refractivity contribution in [2.24, 2.45) is 16.3 Å². The monoisotopic (exact) mass is 280 g/mol. The number of nitrogens with one attached hydrogen (secondary N) is 1. The van der Waals surface area contributed by atoms with Crippen LogP contribution in [0.25, 0.3) is 0 Å². The molecule has 1 unspecified atom stereocenters. The average Bonchev–Trinajstić information content (AvgIpc) is 2.75. The van der Waals surface area contributed by atoms with E-state index >= 15 is 0 Å². The summed E-state index contributed by atoms with van der Waals surface area (Å²) < 4.78 is 0. The van der Waals surface area contributed by atoms with Crippen molar-refractivity contribution in [2.45, 2.75) is 40.0 Å². The molecule has 4 heteroatoms. The van der Waals surface area contributed by atoms with Crippen LogP contribution in [0, 0.1) is 11.3 Å². The minimum Gasteiger partial charge on any atom is -0.357 e. The molecule has 2 saturated heterocycles. The van der Waals surface area contributed by atoms with Crippen molar-refractivity contribution >= 4 is 5.96 Å². The molecule has 0 radical (unpaired) electrons. The molecule has 2 heterocycles. The fraction of sp³-hybridized carbons (Fsp3) is 0.938. The van der Waals surface area contributed by atoms with Gasteiger partial charge in [-0.15, -0.1) is 0 Å². The van der Waals surface area contributed by atoms with E-state index in [1.165, 1.54) is 32.4 Å². The summed E-state index contributed by atoms with van der Waals surface area (Å²) in [5, 5.41) is 3.48. The Morgan fingerprint density at radius 2 is 2.15 bits per heavy atom. The van der Waals surface area contributed by atoms with Crippen LogP contribution < -0.4 is 5.32 Å². The second-order valence-electron chi connectivity index (χ2n) is 7.30. The SMILES string of the molecule is CCNC(=NCC1CCCN(C)C1)N1CCC(C)(C)C1. The number of guanidine groups is 1. The van der Waals surface area contributed by atoms with Gasteiger partial charge in [-0.05, 0) is 51.1 Å². The van der Waals surface area contributed by atoms with Gasteiger partial charge in [0, 0.05) is 32.7 Å². The van der Waals surface area contributed by atoms with Gasteiger partial charge in [0.05, 0.1) is 0 Å². The lowest BCUT2D eigenvalue weighted by atomic mass is 9.93. The van der Waals surface area contributed by atoms with E-state index < -0.39 is 0 Å². The molecule has 116 valence electrons. The Morgan fingerprint density at radius 1 is 1.35 bits per heavy atom. The van der Waals surface area contributed by atoms with E-state index in [4.69, 9.17) is 4.99 Å². The van der Waals surface area contributed by atoms with Gasteiger partial charge in [0.1, 0.15) is 0 Å². The Balaban J connectivity index is 1.92. The maximum atomic E-state index is 4.92. The highest BCUT2D eigenvalue weighted by Gasteiger charge is 2.31. The molecular formula is C16H32N4. The van der Waals surface area contributed by atoms with Gasteiger partial charge >= 0.3 is 0 Å². The fourth-order valence-electron chi connectivity index (χ4n) is 3.36. The predicted octanol–water partition coefficient (Wildman–Crippen LogP) is 2.03. The molecule has 2 fully saturated rings. The molecule has 0 amide bonds. The van der Waals surface area contributed by atoms with Gasteiger partial charge in [-0.2, -0.15) is 0 Å². The van der Waals surface area contributed by atoms with Crippen LogP contribution in [0.5, 0.6) is 0 Å². The van der Waals surface area contributed by atoms with Crippen LogP contribution in [0.3, 0.4) is 0 Å². The lowest BCUT2D eigenvalue weighted by molar-refractivity contribution is 0.214. The molecule has 0 bridgehead atoms. The number of hydrogen-bond donors (Lipinski definition) is 1. The Labute approximate surface area is 124 Å². The highest BCUT2D eigenvalue weighted by atomic mass is 15.3. The Hall–Kier alpha value is -0.770. The quantitative estimate of drug-likeness (QED) is 0.634. The van der Waals surface area contributed by atoms with E-state index in [1.54, 1.807) is 0 Å². The summed E-state index contributed by atoms with van der Waals surface area (Å²) in [4.78, 5) is 9.80. The second-order valence-corrected chi connectivity index (χ2v) is 7.30. The van der Waals surface area contributed by atoms with Crippen molar-refractivity contribution in [2.75, 3.05) is 46.3 Å². The third kappa shape index (κ3) is 4.37. The number of piperidine rings is 1. The van der Waals surface area contributed by atoms with E-state index in [-0.39, 0.29) is 0 Å². The van der Waals surface area contributed by atoms with Gasteiger partial charge < -0.3 is 15.1 Å². The first kappa shape index (κ1) is 15.6. The zero-order chi connectivity index (χ0) is 14.6. The van der Waals surface area contributed by atoms with Crippen LogP contribution in [0.1, 0.15) is 40.0 Å². The van der Waals surface area contributed by atoms with Gasteiger partial charge in [0.2, 0.25) is 0 Å². The predicted molar refractivity (Wildman–Crippen MR) is 86.2 cm³/mol. The molecule has 4 nitrogen and oxygen atoms in total. The molecule has 2 rings (SSSR count). The standard InChI is InChI=1S/C16H32N4/c1-5-17-15(20-10-8-16(2,3)13-20)18-11-14-7-6-9-19(4)12-14/h14H,5-13H2,1-4H3,(H,17,18). The first-order chi connectivity index (χ1) is 9.50. The molecule has 2 aliphatic heterocycles. The van der Waals surface area contributed by atoms with Gasteiger partial charge in [-0.25, -0.2) is 0 Å². The first-order valence-electron chi connectivity index (χ1n) is 8.22. The molecule has 1 N–H and O–H groups in total. The molecule has 0 aromatic heterocycles. The number of aliphatic imine (C=N–C) groups is 1. The molecule has 0 aromatic carbocycles. The number of hydrogen-bond acceptors (Lipinski definition) is 2. The molecule has 20 heavy (non-hydrogen) atoms. The maximum absolute atomic E-state index is 4.92. The van der Waals surface area contributed by atoms with Crippen LogP contribution in [0.15, 0.2) is 4.99 Å². The largest absolute Gasteiger partial charge is 0.357 e. The zero-order valence-corrected chi connectivity index (χ0v) is 13.8. The van der Waals surface area contributed by atoms with Gasteiger partial charge in [-0.1, -0.05) is 13.8 Å². The number of rotatable bonds is 3. The van der Waals surface area contributed by atoms with Crippen molar-refractivity contribution < 1.29 is 0 Å². The third-order valence-electron chi connectivity index (χ3n) is 4.53. The summed E-state index contributed by atoms with van der Waals surface area (Å²) in [5.41, 5.74) is 0.432. The summed E-state index contributed by atoms with van der Waals surface area (Å²) in [6.07, 6.45) is 3.92. The summed E-state index contributed by atoms with van der Waals surface area (Å²) in [6, 6.07) is 0. The molecule has 2 aliphatic rings. The van der Waals surface area contributed by atoms with Crippen molar-refractivity contribution in [1.82, 2.24) is 15.1 Å². The van der Waals surface area contributed by atoms with Crippen LogP contribution in [-0.4, -0.2) is 62.1 Å². The Kier molecular flexibility index (Phi) is 5.30. The van der Waals surface area contributed by atoms with Crippen molar-refractivity contribution in [3.8, 4) is 0 Å². The second kappa shape index (κ2) is 6.79. The van der Waals surface area contributed by atoms with Crippen molar-refractivity contribution in [3.63, 3.8) is 0 Å². The molecule has 0 saturated carbocycles. The van der Waals surface area contributed by atoms with Crippen LogP contribution in [0.2, 0.25) is 0 Å². The summed E-state index contributed by atoms with van der Waals surface area (Å²) in [5.74, 6) is 1.87. The highest BCUT2D eigenvalue weighted by Crippen LogP contribution is 2.28. The average molecular weight is 280 g/mol. The van der Waals surface area contributed by atoms with Crippen LogP contribution in [0.4, 0.5) is 0 Å². The third-order valence-corrected chi connectivity index (χ3v) is 4.53. The smallest absolute Gasteiger partial charge is 0.193 e. The topological polar surface area (TPSA) is 30.9 Å². The number of likely N-dealkylation sites (tertiary alicyclic amines) is 2. The molecule has 0 aromatic rings. The minimum absolute atomic E-state index is 0.432. The van der Waals surface area contributed by atoms with E-state index in [1.807, 2.05) is 0 Å².